The Hall–Kier alpha value is -2.57. The van der Waals surface area contributed by atoms with E-state index >= 15 is 0 Å². The minimum atomic E-state index is -0.301. The number of hydrogen-bond acceptors (Lipinski definition) is 6. The van der Waals surface area contributed by atoms with E-state index < -0.39 is 0 Å². The van der Waals surface area contributed by atoms with Crippen molar-refractivity contribution in [3.8, 4) is 11.4 Å². The van der Waals surface area contributed by atoms with E-state index in [1.807, 2.05) is 25.1 Å². The Balaban J connectivity index is 1.68. The Morgan fingerprint density at radius 3 is 2.95 bits per heavy atom. The number of amides is 1. The molecule has 0 radical (unpaired) electrons. The molecule has 2 N–H and O–H groups in total. The summed E-state index contributed by atoms with van der Waals surface area (Å²) in [6, 6.07) is 5.66. The molecule has 1 amide bonds. The number of hydrogen-bond donors (Lipinski definition) is 1. The molecular formula is C15H18N4O3. The molecule has 0 saturated carbocycles. The standard InChI is InChI=1S/C15H18N4O3/c1-3-21-15(20)19-7-11(8-19)14-17-13(18-22-14)10-5-4-9(2)12(16)6-10/h4-6,11H,3,7-8,16H2,1-2H3. The average Bonchev–Trinajstić information content (AvgIpc) is 2.90. The van der Waals surface area contributed by atoms with Gasteiger partial charge in [0.25, 0.3) is 0 Å². The van der Waals surface area contributed by atoms with Gasteiger partial charge >= 0.3 is 6.09 Å². The summed E-state index contributed by atoms with van der Waals surface area (Å²) in [7, 11) is 0. The number of carbonyl (C=O) groups is 1. The molecule has 0 spiro atoms. The molecule has 1 aliphatic heterocycles. The van der Waals surface area contributed by atoms with Crippen molar-refractivity contribution in [3.63, 3.8) is 0 Å². The third kappa shape index (κ3) is 2.61. The molecule has 3 rings (SSSR count). The Kier molecular flexibility index (Phi) is 3.70. The predicted molar refractivity (Wildman–Crippen MR) is 80.2 cm³/mol. The first kappa shape index (κ1) is 14.4. The summed E-state index contributed by atoms with van der Waals surface area (Å²) in [5.41, 5.74) is 8.42. The molecule has 2 aromatic rings. The van der Waals surface area contributed by atoms with Crippen LogP contribution in [0.25, 0.3) is 11.4 Å². The highest BCUT2D eigenvalue weighted by molar-refractivity contribution is 5.69. The minimum Gasteiger partial charge on any atom is -0.450 e. The summed E-state index contributed by atoms with van der Waals surface area (Å²) in [4.78, 5) is 17.5. The third-order valence-electron chi connectivity index (χ3n) is 3.74. The second-order valence-electron chi connectivity index (χ2n) is 5.33. The van der Waals surface area contributed by atoms with E-state index in [1.54, 1.807) is 11.8 Å². The van der Waals surface area contributed by atoms with Crippen molar-refractivity contribution in [2.45, 2.75) is 19.8 Å². The molecule has 0 bridgehead atoms. The third-order valence-corrected chi connectivity index (χ3v) is 3.74. The predicted octanol–water partition coefficient (Wildman–Crippen LogP) is 2.18. The molecule has 7 nitrogen and oxygen atoms in total. The first-order valence-corrected chi connectivity index (χ1v) is 7.20. The summed E-state index contributed by atoms with van der Waals surface area (Å²) >= 11 is 0. The van der Waals surface area contributed by atoms with Crippen LogP contribution in [0.3, 0.4) is 0 Å². The number of nitrogens with zero attached hydrogens (tertiary/aromatic N) is 3. The first-order valence-electron chi connectivity index (χ1n) is 7.20. The molecule has 1 saturated heterocycles. The molecule has 1 aromatic carbocycles. The van der Waals surface area contributed by atoms with E-state index in [0.29, 0.717) is 37.1 Å². The summed E-state index contributed by atoms with van der Waals surface area (Å²) in [6.45, 7) is 5.18. The number of nitrogen functional groups attached to an aromatic ring is 1. The summed E-state index contributed by atoms with van der Waals surface area (Å²) in [5, 5.41) is 3.99. The molecule has 7 heteroatoms. The van der Waals surface area contributed by atoms with Crippen LogP contribution in [0.15, 0.2) is 22.7 Å². The zero-order valence-corrected chi connectivity index (χ0v) is 12.6. The van der Waals surface area contributed by atoms with Crippen LogP contribution in [-0.2, 0) is 4.74 Å². The normalized spacial score (nSPS) is 14.7. The Bertz CT molecular complexity index is 692. The van der Waals surface area contributed by atoms with Crippen molar-refractivity contribution >= 4 is 11.8 Å². The molecule has 1 aliphatic rings. The summed E-state index contributed by atoms with van der Waals surface area (Å²) in [6.07, 6.45) is -0.301. The highest BCUT2D eigenvalue weighted by Gasteiger charge is 2.36. The minimum absolute atomic E-state index is 0.0634. The quantitative estimate of drug-likeness (QED) is 0.873. The second-order valence-corrected chi connectivity index (χ2v) is 5.33. The fourth-order valence-electron chi connectivity index (χ4n) is 2.30. The van der Waals surface area contributed by atoms with Gasteiger partial charge in [0.2, 0.25) is 11.7 Å². The Morgan fingerprint density at radius 1 is 1.50 bits per heavy atom. The fourth-order valence-corrected chi connectivity index (χ4v) is 2.30. The molecule has 1 aromatic heterocycles. The fraction of sp³-hybridized carbons (Fsp3) is 0.400. The van der Waals surface area contributed by atoms with Gasteiger partial charge in [-0.2, -0.15) is 4.98 Å². The lowest BCUT2D eigenvalue weighted by Gasteiger charge is -2.35. The maximum atomic E-state index is 11.5. The van der Waals surface area contributed by atoms with Crippen LogP contribution in [0, 0.1) is 6.92 Å². The zero-order chi connectivity index (χ0) is 15.7. The van der Waals surface area contributed by atoms with Gasteiger partial charge in [0.05, 0.1) is 12.5 Å². The van der Waals surface area contributed by atoms with E-state index in [-0.39, 0.29) is 12.0 Å². The van der Waals surface area contributed by atoms with Crippen molar-refractivity contribution in [2.24, 2.45) is 0 Å². The van der Waals surface area contributed by atoms with Gasteiger partial charge in [-0.3, -0.25) is 0 Å². The maximum Gasteiger partial charge on any atom is 0.409 e. The summed E-state index contributed by atoms with van der Waals surface area (Å²) < 4.78 is 10.2. The molecule has 2 heterocycles. The number of carbonyl (C=O) groups excluding carboxylic acids is 1. The van der Waals surface area contributed by atoms with Crippen LogP contribution in [0.5, 0.6) is 0 Å². The van der Waals surface area contributed by atoms with Gasteiger partial charge in [0.15, 0.2) is 0 Å². The number of ether oxygens (including phenoxy) is 1. The van der Waals surface area contributed by atoms with E-state index in [2.05, 4.69) is 10.1 Å². The number of nitrogens with two attached hydrogens (primary N) is 1. The highest BCUT2D eigenvalue weighted by Crippen LogP contribution is 2.28. The SMILES string of the molecule is CCOC(=O)N1CC(c2nc(-c3ccc(C)c(N)c3)no2)C1. The maximum absolute atomic E-state index is 11.5. The topological polar surface area (TPSA) is 94.5 Å². The van der Waals surface area contributed by atoms with Crippen molar-refractivity contribution < 1.29 is 14.1 Å². The van der Waals surface area contributed by atoms with Crippen LogP contribution in [-0.4, -0.2) is 40.8 Å². The van der Waals surface area contributed by atoms with Crippen LogP contribution in [0.2, 0.25) is 0 Å². The number of aromatic nitrogens is 2. The number of likely N-dealkylation sites (tertiary alicyclic amines) is 1. The van der Waals surface area contributed by atoms with E-state index in [9.17, 15) is 4.79 Å². The van der Waals surface area contributed by atoms with Crippen LogP contribution in [0.1, 0.15) is 24.3 Å². The number of aryl methyl sites for hydroxylation is 1. The first-order chi connectivity index (χ1) is 10.6. The van der Waals surface area contributed by atoms with Crippen molar-refractivity contribution in [2.75, 3.05) is 25.4 Å². The van der Waals surface area contributed by atoms with Gasteiger partial charge in [0.1, 0.15) is 0 Å². The molecule has 116 valence electrons. The van der Waals surface area contributed by atoms with Crippen LogP contribution in [0.4, 0.5) is 10.5 Å². The van der Waals surface area contributed by atoms with Gasteiger partial charge in [-0.25, -0.2) is 4.79 Å². The van der Waals surface area contributed by atoms with Gasteiger partial charge in [-0.15, -0.1) is 0 Å². The zero-order valence-electron chi connectivity index (χ0n) is 12.6. The van der Waals surface area contributed by atoms with Crippen molar-refractivity contribution in [3.05, 3.63) is 29.7 Å². The molecule has 0 aliphatic carbocycles. The Morgan fingerprint density at radius 2 is 2.27 bits per heavy atom. The van der Waals surface area contributed by atoms with E-state index in [0.717, 1.165) is 11.1 Å². The lowest BCUT2D eigenvalue weighted by molar-refractivity contribution is 0.0686. The smallest absolute Gasteiger partial charge is 0.409 e. The van der Waals surface area contributed by atoms with Crippen molar-refractivity contribution in [1.29, 1.82) is 0 Å². The van der Waals surface area contributed by atoms with Gasteiger partial charge < -0.3 is 19.9 Å². The Labute approximate surface area is 128 Å². The molecular weight excluding hydrogens is 284 g/mol. The molecule has 22 heavy (non-hydrogen) atoms. The summed E-state index contributed by atoms with van der Waals surface area (Å²) in [5.74, 6) is 1.11. The second kappa shape index (κ2) is 5.67. The van der Waals surface area contributed by atoms with Crippen LogP contribution < -0.4 is 5.73 Å². The van der Waals surface area contributed by atoms with E-state index in [4.69, 9.17) is 15.0 Å². The monoisotopic (exact) mass is 302 g/mol. The van der Waals surface area contributed by atoms with Gasteiger partial charge in [0, 0.05) is 24.3 Å². The van der Waals surface area contributed by atoms with E-state index in [1.165, 1.54) is 0 Å². The molecule has 1 fully saturated rings. The highest BCUT2D eigenvalue weighted by atomic mass is 16.6. The lowest BCUT2D eigenvalue weighted by atomic mass is 10.0. The lowest BCUT2D eigenvalue weighted by Crippen LogP contribution is -2.48. The number of anilines is 1. The largest absolute Gasteiger partial charge is 0.450 e. The van der Waals surface area contributed by atoms with Gasteiger partial charge in [-0.1, -0.05) is 17.3 Å². The van der Waals surface area contributed by atoms with Crippen molar-refractivity contribution in [1.82, 2.24) is 15.0 Å². The van der Waals surface area contributed by atoms with Crippen LogP contribution >= 0.6 is 0 Å². The average molecular weight is 302 g/mol. The number of rotatable bonds is 3. The molecule has 0 atom stereocenters. The number of benzene rings is 1. The molecule has 0 unspecified atom stereocenters. The van der Waals surface area contributed by atoms with Gasteiger partial charge in [-0.05, 0) is 25.5 Å².